The molecule has 0 bridgehead atoms. The van der Waals surface area contributed by atoms with Crippen molar-refractivity contribution in [1.29, 1.82) is 0 Å². The number of aliphatic hydroxyl groups is 1. The Morgan fingerprint density at radius 3 is 2.33 bits per heavy atom. The molecule has 6 rings (SSSR count). The predicted octanol–water partition coefficient (Wildman–Crippen LogP) is 4.11. The van der Waals surface area contributed by atoms with Crippen LogP contribution in [0.3, 0.4) is 0 Å². The normalized spacial score (nSPS) is 17.2. The molecule has 1 amide bonds. The van der Waals surface area contributed by atoms with Crippen molar-refractivity contribution in [2.45, 2.75) is 31.7 Å². The molecule has 1 atom stereocenters. The number of hydrogen-bond acceptors (Lipinski definition) is 4. The second-order valence-corrected chi connectivity index (χ2v) is 10.6. The number of carbonyl (C=O) groups is 2. The Kier molecular flexibility index (Phi) is 6.70. The molecule has 5 heteroatoms. The number of aryl methyl sites for hydroxylation is 1. The Balaban J connectivity index is 1.41. The number of carbonyl (C=O) groups excluding carboxylic acids is 2. The molecule has 4 aromatic rings. The van der Waals surface area contributed by atoms with E-state index in [1.807, 2.05) is 44.3 Å². The fraction of sp³-hybridized carbons (Fsp3) is 0.200. The molecule has 0 spiro atoms. The molecule has 2 aliphatic carbocycles. The minimum atomic E-state index is -0.725. The third kappa shape index (κ3) is 4.28. The van der Waals surface area contributed by atoms with Crippen LogP contribution in [0.15, 0.2) is 84.9 Å². The molecule has 200 valence electrons. The fourth-order valence-corrected chi connectivity index (χ4v) is 6.25. The Morgan fingerprint density at radius 1 is 0.850 bits per heavy atom. The van der Waals surface area contributed by atoms with Gasteiger partial charge in [-0.05, 0) is 107 Å². The summed E-state index contributed by atoms with van der Waals surface area (Å²) in [5.41, 5.74) is 5.03. The smallest absolute Gasteiger partial charge is 0.255 e. The quantitative estimate of drug-likeness (QED) is 0.329. The second kappa shape index (κ2) is 10.3. The van der Waals surface area contributed by atoms with E-state index in [1.54, 1.807) is 30.3 Å². The summed E-state index contributed by atoms with van der Waals surface area (Å²) in [7, 11) is 1.88. The molecule has 3 N–H and O–H groups in total. The number of benzene rings is 4. The molecule has 4 aromatic carbocycles. The number of fused-ring (bicyclic) bond motifs is 4. The van der Waals surface area contributed by atoms with Crippen molar-refractivity contribution in [1.82, 2.24) is 5.32 Å². The van der Waals surface area contributed by atoms with Gasteiger partial charge in [0.2, 0.25) is 0 Å². The molecule has 40 heavy (non-hydrogen) atoms. The first kappa shape index (κ1) is 25.9. The number of ketones is 1. The highest BCUT2D eigenvalue weighted by molar-refractivity contribution is 6.24. The van der Waals surface area contributed by atoms with Crippen LogP contribution in [-0.4, -0.2) is 30.5 Å². The van der Waals surface area contributed by atoms with Crippen molar-refractivity contribution in [2.75, 3.05) is 19.0 Å². The van der Waals surface area contributed by atoms with Crippen molar-refractivity contribution in [3.63, 3.8) is 0 Å². The van der Waals surface area contributed by atoms with Crippen molar-refractivity contribution in [3.8, 4) is 0 Å². The van der Waals surface area contributed by atoms with E-state index >= 15 is 0 Å². The van der Waals surface area contributed by atoms with Crippen molar-refractivity contribution in [2.24, 2.45) is 0 Å². The molecule has 0 saturated carbocycles. The molecule has 0 aliphatic heterocycles. The van der Waals surface area contributed by atoms with Gasteiger partial charge in [-0.25, -0.2) is 0 Å². The fourth-order valence-electron chi connectivity index (χ4n) is 6.25. The number of aliphatic hydroxyl groups excluding tert-OH is 1. The number of hydrogen-bond donors (Lipinski definition) is 3. The van der Waals surface area contributed by atoms with Crippen molar-refractivity contribution in [3.05, 3.63) is 134 Å². The van der Waals surface area contributed by atoms with Crippen molar-refractivity contribution >= 4 is 29.0 Å². The number of anilines is 1. The van der Waals surface area contributed by atoms with Gasteiger partial charge in [0.1, 0.15) is 0 Å². The maximum absolute atomic E-state index is 13.8. The van der Waals surface area contributed by atoms with E-state index < -0.39 is 5.54 Å². The van der Waals surface area contributed by atoms with E-state index in [9.17, 15) is 14.7 Å². The summed E-state index contributed by atoms with van der Waals surface area (Å²) in [5, 5.41) is 21.3. The summed E-state index contributed by atoms with van der Waals surface area (Å²) in [6, 6.07) is 27.0. The first-order valence-corrected chi connectivity index (χ1v) is 13.7. The van der Waals surface area contributed by atoms with Gasteiger partial charge in [0.25, 0.3) is 5.91 Å². The van der Waals surface area contributed by atoms with Crippen molar-refractivity contribution < 1.29 is 14.7 Å². The minimum absolute atomic E-state index is 0.00285. The average Bonchev–Trinajstić information content (AvgIpc) is 3.00. The van der Waals surface area contributed by atoms with Crippen LogP contribution in [0.2, 0.25) is 0 Å². The Hall–Kier alpha value is -4.32. The molecule has 0 saturated heterocycles. The number of likely N-dealkylation sites (N-methyl/N-ethyl adjacent to an activating group) is 1. The van der Waals surface area contributed by atoms with E-state index in [1.165, 1.54) is 0 Å². The van der Waals surface area contributed by atoms with E-state index in [0.717, 1.165) is 56.0 Å². The van der Waals surface area contributed by atoms with Gasteiger partial charge in [-0.3, -0.25) is 9.59 Å². The molecule has 0 aromatic heterocycles. The zero-order valence-corrected chi connectivity index (χ0v) is 22.8. The lowest BCUT2D eigenvalue weighted by Gasteiger charge is -2.35. The lowest BCUT2D eigenvalue weighted by atomic mass is 9.76. The summed E-state index contributed by atoms with van der Waals surface area (Å²) in [6.07, 6.45) is 4.52. The molecule has 0 heterocycles. The average molecular weight is 529 g/mol. The standard InChI is InChI=1S/C35H32N2O3/c1-22-8-3-5-10-26(22)34(40)37-25-16-14-23(15-17-25)33(39)31-13-7-12-29-28(31)18-19-30-27-11-6-4-9-24(27)20-35(21-38,36-2)32(29)30/h3-6,8-11,14-20,36,38H,7,12-13,21H2,1-2H3,(H,37,40). The summed E-state index contributed by atoms with van der Waals surface area (Å²) in [6.45, 7) is 1.82. The van der Waals surface area contributed by atoms with Gasteiger partial charge in [-0.1, -0.05) is 54.6 Å². The molecule has 2 aliphatic rings. The van der Waals surface area contributed by atoms with Crippen LogP contribution >= 0.6 is 0 Å². The molecule has 1 unspecified atom stereocenters. The van der Waals surface area contributed by atoms with Crippen LogP contribution in [0.1, 0.15) is 50.2 Å². The summed E-state index contributed by atoms with van der Waals surface area (Å²) in [5.74, 6) is -0.176. The zero-order valence-electron chi connectivity index (χ0n) is 22.8. The second-order valence-electron chi connectivity index (χ2n) is 10.6. The van der Waals surface area contributed by atoms with Crippen LogP contribution in [-0.2, 0) is 12.0 Å². The zero-order chi connectivity index (χ0) is 27.9. The molecular formula is C35H32N2O3. The van der Waals surface area contributed by atoms with Gasteiger partial charge in [0.15, 0.2) is 5.78 Å². The number of amides is 1. The number of rotatable bonds is 6. The Bertz CT molecular complexity index is 1870. The first-order chi connectivity index (χ1) is 19.5. The van der Waals surface area contributed by atoms with Gasteiger partial charge >= 0.3 is 0 Å². The lowest BCUT2D eigenvalue weighted by Crippen LogP contribution is -2.47. The van der Waals surface area contributed by atoms with E-state index in [2.05, 4.69) is 41.0 Å². The maximum Gasteiger partial charge on any atom is 0.255 e. The Morgan fingerprint density at radius 2 is 1.57 bits per heavy atom. The van der Waals surface area contributed by atoms with Crippen LogP contribution in [0.5, 0.6) is 0 Å². The van der Waals surface area contributed by atoms with E-state index in [4.69, 9.17) is 0 Å². The van der Waals surface area contributed by atoms with Gasteiger partial charge in [-0.15, -0.1) is 0 Å². The third-order valence-electron chi connectivity index (χ3n) is 8.35. The minimum Gasteiger partial charge on any atom is -0.394 e. The molecule has 0 fully saturated rings. The number of Topliss-reactive ketones (excluding diaryl/α,β-unsaturated/α-hetero) is 1. The van der Waals surface area contributed by atoms with E-state index in [-0.39, 0.29) is 18.3 Å². The van der Waals surface area contributed by atoms with Gasteiger partial charge in [0.05, 0.1) is 12.1 Å². The van der Waals surface area contributed by atoms with Gasteiger partial charge in [-0.2, -0.15) is 0 Å². The molecular weight excluding hydrogens is 496 g/mol. The topological polar surface area (TPSA) is 78.4 Å². The van der Waals surface area contributed by atoms with Gasteiger partial charge in [0, 0.05) is 22.4 Å². The predicted molar refractivity (Wildman–Crippen MR) is 158 cm³/mol. The summed E-state index contributed by atoms with van der Waals surface area (Å²) < 4.78 is 0. The molecule has 5 nitrogen and oxygen atoms in total. The third-order valence-corrected chi connectivity index (χ3v) is 8.35. The molecule has 0 radical (unpaired) electrons. The Labute approximate surface area is 233 Å². The van der Waals surface area contributed by atoms with Crippen LogP contribution in [0, 0.1) is 17.4 Å². The summed E-state index contributed by atoms with van der Waals surface area (Å²) in [4.78, 5) is 26.6. The largest absolute Gasteiger partial charge is 0.394 e. The highest BCUT2D eigenvalue weighted by Crippen LogP contribution is 2.32. The van der Waals surface area contributed by atoms with Crippen LogP contribution in [0.25, 0.3) is 11.6 Å². The van der Waals surface area contributed by atoms with E-state index in [0.29, 0.717) is 23.2 Å². The number of nitrogens with one attached hydrogen (secondary N) is 2. The lowest BCUT2D eigenvalue weighted by molar-refractivity contribution is 0.102. The van der Waals surface area contributed by atoms with Gasteiger partial charge < -0.3 is 15.7 Å². The monoisotopic (exact) mass is 528 g/mol. The van der Waals surface area contributed by atoms with Crippen LogP contribution < -0.4 is 21.1 Å². The highest BCUT2D eigenvalue weighted by Gasteiger charge is 2.34. The highest BCUT2D eigenvalue weighted by atomic mass is 16.3. The maximum atomic E-state index is 13.8. The van der Waals surface area contributed by atoms with Crippen LogP contribution in [0.4, 0.5) is 5.69 Å². The summed E-state index contributed by atoms with van der Waals surface area (Å²) >= 11 is 0. The first-order valence-electron chi connectivity index (χ1n) is 13.7. The SMILES string of the molecule is CNC1(CO)C=c2ccccc2=c2ccc3c(c21)CCCC=3C(=O)c1ccc(NC(=O)c2ccccc2C)cc1.